The van der Waals surface area contributed by atoms with Crippen molar-refractivity contribution in [2.45, 2.75) is 99.1 Å². The zero-order valence-corrected chi connectivity index (χ0v) is 36.6. The summed E-state index contributed by atoms with van der Waals surface area (Å²) >= 11 is 1.74. The molecular weight excluding hydrogens is 731 g/mol. The first-order valence-electron chi connectivity index (χ1n) is 17.1. The summed E-state index contributed by atoms with van der Waals surface area (Å²) in [6.07, 6.45) is 0. The normalized spacial score (nSPS) is 11.2. The molecule has 0 bridgehead atoms. The molecule has 4 heteroatoms. The largest absolute Gasteiger partial charge is 1.00 e. The van der Waals surface area contributed by atoms with Gasteiger partial charge in [0.2, 0.25) is 0 Å². The molecule has 0 saturated carbocycles. The maximum absolute atomic E-state index is 2.35. The van der Waals surface area contributed by atoms with Crippen LogP contribution in [0.1, 0.15) is 89.1 Å². The summed E-state index contributed by atoms with van der Waals surface area (Å²) in [7, 11) is 0. The SMILES string of the molecule is CC(C)c1cc2c(-c3ccc(C(C)(C)C)cc3)cccc2[cH-]1.C[Si](C)=[Zr+2].Cc1[cH-]c2cccc(-c3ccc(C(C)(C)C)cc3)c2c1C.[Cl-].[Cl-]. The molecule has 0 aromatic heterocycles. The van der Waals surface area contributed by atoms with Gasteiger partial charge in [0.25, 0.3) is 0 Å². The minimum absolute atomic E-state index is 0. The first kappa shape index (κ1) is 42.9. The summed E-state index contributed by atoms with van der Waals surface area (Å²) in [6.45, 7) is 27.1. The average molecular weight is 785 g/mol. The fourth-order valence-corrected chi connectivity index (χ4v) is 6.03. The zero-order chi connectivity index (χ0) is 34.7. The predicted molar refractivity (Wildman–Crippen MR) is 208 cm³/mol. The summed E-state index contributed by atoms with van der Waals surface area (Å²) in [5, 5.41) is 5.47. The Morgan fingerprint density at radius 1 is 0.612 bits per heavy atom. The molecule has 0 unspecified atom stereocenters. The molecule has 0 radical (unpaired) electrons. The van der Waals surface area contributed by atoms with Crippen LogP contribution in [0.5, 0.6) is 0 Å². The van der Waals surface area contributed by atoms with Gasteiger partial charge in [-0.1, -0.05) is 141 Å². The Morgan fingerprint density at radius 2 is 1.04 bits per heavy atom. The van der Waals surface area contributed by atoms with Gasteiger partial charge in [0.15, 0.2) is 0 Å². The first-order valence-corrected chi connectivity index (χ1v) is 23.2. The number of hydrogen-bond acceptors (Lipinski definition) is 0. The fourth-order valence-electron chi connectivity index (χ4n) is 6.03. The van der Waals surface area contributed by atoms with Gasteiger partial charge < -0.3 is 24.8 Å². The minimum Gasteiger partial charge on any atom is -1.00 e. The van der Waals surface area contributed by atoms with Gasteiger partial charge in [-0.05, 0) is 39.0 Å². The zero-order valence-electron chi connectivity index (χ0n) is 31.6. The number of benzene rings is 4. The van der Waals surface area contributed by atoms with Crippen LogP contribution >= 0.6 is 0 Å². The standard InChI is InChI=1S/C22H25.C21H23.C2H6Si.2ClH.Zr/c1-15(2)18-13-17-7-6-8-20(21(17)14-18)16-9-11-19(12-10-16)22(3,4)5;1-14-13-17-7-6-8-19(20(17)15(14)2)16-9-11-18(12-10-16)21(3,4)5;1-3-2;;;/h6-15H,1-5H3;6-13H,1-5H3;1-2H3;2*1H;/q2*-1;;;;+2/p-2. The van der Waals surface area contributed by atoms with E-state index < -0.39 is 0 Å². The van der Waals surface area contributed by atoms with Crippen molar-refractivity contribution in [1.82, 2.24) is 0 Å². The van der Waals surface area contributed by atoms with Crippen molar-refractivity contribution in [2.75, 3.05) is 0 Å². The summed E-state index contributed by atoms with van der Waals surface area (Å²) in [5.74, 6) is 0.573. The van der Waals surface area contributed by atoms with Crippen LogP contribution in [0, 0.1) is 13.8 Å². The van der Waals surface area contributed by atoms with E-state index in [1.807, 2.05) is 0 Å². The van der Waals surface area contributed by atoms with Gasteiger partial charge in [0, 0.05) is 0 Å². The number of rotatable bonds is 3. The molecule has 0 spiro atoms. The number of aryl methyl sites for hydroxylation is 2. The summed E-state index contributed by atoms with van der Waals surface area (Å²) in [4.78, 5) is 0. The van der Waals surface area contributed by atoms with Gasteiger partial charge in [-0.15, -0.1) is 69.1 Å². The Kier molecular flexibility index (Phi) is 15.6. The Hall–Kier alpha value is -2.22. The second-order valence-electron chi connectivity index (χ2n) is 15.6. The molecule has 0 fully saturated rings. The topological polar surface area (TPSA) is 0 Å². The van der Waals surface area contributed by atoms with Gasteiger partial charge in [0.05, 0.1) is 0 Å². The third-order valence-electron chi connectivity index (χ3n) is 9.00. The van der Waals surface area contributed by atoms with E-state index in [0.717, 1.165) is 0 Å². The number of hydrogen-bond donors (Lipinski definition) is 0. The summed E-state index contributed by atoms with van der Waals surface area (Å²) in [5.41, 5.74) is 12.9. The van der Waals surface area contributed by atoms with Crippen molar-refractivity contribution >= 4 is 27.0 Å². The van der Waals surface area contributed by atoms with Crippen molar-refractivity contribution in [2.24, 2.45) is 0 Å². The van der Waals surface area contributed by atoms with E-state index in [9.17, 15) is 0 Å². The van der Waals surface area contributed by atoms with Gasteiger partial charge in [0.1, 0.15) is 0 Å². The maximum Gasteiger partial charge on any atom is -0.0132 e. The van der Waals surface area contributed by atoms with Gasteiger partial charge >= 0.3 is 41.9 Å². The molecule has 0 aliphatic carbocycles. The van der Waals surface area contributed by atoms with Crippen LogP contribution in [0.4, 0.5) is 0 Å². The Bertz CT molecular complexity index is 1950. The van der Waals surface area contributed by atoms with Crippen LogP contribution in [0.2, 0.25) is 13.1 Å². The molecule has 258 valence electrons. The molecule has 0 N–H and O–H groups in total. The minimum atomic E-state index is 0. The van der Waals surface area contributed by atoms with Gasteiger partial charge in [-0.25, -0.2) is 0 Å². The molecule has 0 nitrogen and oxygen atoms in total. The molecule has 6 rings (SSSR count). The Morgan fingerprint density at radius 3 is 1.49 bits per heavy atom. The smallest absolute Gasteiger partial charge is 0.0132 e. The molecule has 49 heavy (non-hydrogen) atoms. The van der Waals surface area contributed by atoms with E-state index in [2.05, 4.69) is 185 Å². The van der Waals surface area contributed by atoms with Gasteiger partial charge in [-0.2, -0.15) is 11.6 Å². The van der Waals surface area contributed by atoms with Crippen molar-refractivity contribution in [1.29, 1.82) is 0 Å². The van der Waals surface area contributed by atoms with E-state index in [1.165, 1.54) is 71.6 Å². The molecule has 0 saturated heterocycles. The fraction of sp³-hybridized carbons (Fsp3) is 0.333. The van der Waals surface area contributed by atoms with Crippen LogP contribution < -0.4 is 24.8 Å². The summed E-state index contributed by atoms with van der Waals surface area (Å²) in [6, 6.07) is 38.3. The first-order chi connectivity index (χ1) is 22.0. The predicted octanol–water partition coefficient (Wildman–Crippen LogP) is 7.58. The van der Waals surface area contributed by atoms with E-state index in [1.54, 1.807) is 23.3 Å². The number of fused-ring (bicyclic) bond motifs is 2. The Balaban J connectivity index is 0.000000296. The molecular formula is C45H54Cl2SiZr-2. The quantitative estimate of drug-likeness (QED) is 0.128. The molecule has 0 atom stereocenters. The summed E-state index contributed by atoms with van der Waals surface area (Å²) < 4.78 is 0. The van der Waals surface area contributed by atoms with E-state index >= 15 is 0 Å². The molecule has 0 aliphatic rings. The van der Waals surface area contributed by atoms with Crippen molar-refractivity contribution in [3.63, 3.8) is 0 Å². The van der Waals surface area contributed by atoms with E-state index in [4.69, 9.17) is 0 Å². The van der Waals surface area contributed by atoms with Crippen LogP contribution in [-0.2, 0) is 34.2 Å². The number of halogens is 2. The molecule has 6 aromatic rings. The third kappa shape index (κ3) is 10.9. The Labute approximate surface area is 325 Å². The van der Waals surface area contributed by atoms with Crippen LogP contribution in [0.25, 0.3) is 43.8 Å². The monoisotopic (exact) mass is 782 g/mol. The molecule has 6 aromatic carbocycles. The van der Waals surface area contributed by atoms with Crippen molar-refractivity contribution in [3.05, 3.63) is 131 Å². The van der Waals surface area contributed by atoms with Crippen LogP contribution in [0.15, 0.2) is 103 Å². The molecule has 0 aliphatic heterocycles. The third-order valence-corrected chi connectivity index (χ3v) is 9.00. The average Bonchev–Trinajstić information content (AvgIpc) is 3.57. The van der Waals surface area contributed by atoms with E-state index in [-0.39, 0.29) is 41.1 Å². The maximum atomic E-state index is 2.35. The van der Waals surface area contributed by atoms with Crippen LogP contribution in [-0.4, -0.2) is 5.43 Å². The van der Waals surface area contributed by atoms with Crippen LogP contribution in [0.3, 0.4) is 0 Å². The van der Waals surface area contributed by atoms with Crippen molar-refractivity contribution in [3.8, 4) is 22.3 Å². The van der Waals surface area contributed by atoms with Crippen molar-refractivity contribution < 1.29 is 48.1 Å². The molecule has 0 heterocycles. The molecule has 0 amide bonds. The second-order valence-corrected chi connectivity index (χ2v) is 25.0. The van der Waals surface area contributed by atoms with Gasteiger partial charge in [-0.3, -0.25) is 0 Å². The second kappa shape index (κ2) is 17.8. The van der Waals surface area contributed by atoms with E-state index in [0.29, 0.717) is 5.92 Å².